The van der Waals surface area contributed by atoms with Gasteiger partial charge in [-0.2, -0.15) is 0 Å². The number of aryl methyl sites for hydroxylation is 2. The first-order valence-corrected chi connectivity index (χ1v) is 5.72. The van der Waals surface area contributed by atoms with E-state index in [0.29, 0.717) is 17.8 Å². The van der Waals surface area contributed by atoms with E-state index in [0.717, 1.165) is 12.0 Å². The molecule has 18 heavy (non-hydrogen) atoms. The molecule has 3 nitrogen and oxygen atoms in total. The molecule has 0 aliphatic heterocycles. The fourth-order valence-corrected chi connectivity index (χ4v) is 1.84. The summed E-state index contributed by atoms with van der Waals surface area (Å²) in [6.07, 6.45) is 2.98. The van der Waals surface area contributed by atoms with Crippen molar-refractivity contribution in [3.8, 4) is 5.75 Å². The van der Waals surface area contributed by atoms with Crippen molar-refractivity contribution in [2.24, 2.45) is 0 Å². The fraction of sp³-hybridized carbons (Fsp3) is 0.214. The topological polar surface area (TPSA) is 48.1 Å². The van der Waals surface area contributed by atoms with E-state index in [1.807, 2.05) is 6.07 Å². The number of hydrogen-bond acceptors (Lipinski definition) is 3. The largest absolute Gasteiger partial charge is 0.494 e. The Bertz CT molecular complexity index is 543. The van der Waals surface area contributed by atoms with E-state index in [1.54, 1.807) is 30.5 Å². The van der Waals surface area contributed by atoms with Gasteiger partial charge >= 0.3 is 0 Å². The highest BCUT2D eigenvalue weighted by Crippen LogP contribution is 2.21. The summed E-state index contributed by atoms with van der Waals surface area (Å²) in [7, 11) is 1.46. The molecular formula is C14H15FN2O. The van der Waals surface area contributed by atoms with Gasteiger partial charge in [0.2, 0.25) is 0 Å². The lowest BCUT2D eigenvalue weighted by Crippen LogP contribution is -1.98. The number of nitrogens with two attached hydrogens (primary N) is 1. The third kappa shape index (κ3) is 2.77. The Morgan fingerprint density at radius 1 is 1.28 bits per heavy atom. The zero-order chi connectivity index (χ0) is 13.0. The third-order valence-corrected chi connectivity index (χ3v) is 2.79. The van der Waals surface area contributed by atoms with Crippen LogP contribution < -0.4 is 10.5 Å². The van der Waals surface area contributed by atoms with E-state index < -0.39 is 0 Å². The number of rotatable bonds is 4. The maximum Gasteiger partial charge on any atom is 0.168 e. The third-order valence-electron chi connectivity index (χ3n) is 2.79. The Morgan fingerprint density at radius 3 is 2.83 bits per heavy atom. The van der Waals surface area contributed by atoms with Gasteiger partial charge in [0.25, 0.3) is 0 Å². The highest BCUT2D eigenvalue weighted by molar-refractivity contribution is 5.34. The van der Waals surface area contributed by atoms with Crippen LogP contribution in [0.3, 0.4) is 0 Å². The van der Waals surface area contributed by atoms with Crippen molar-refractivity contribution in [2.75, 3.05) is 12.8 Å². The van der Waals surface area contributed by atoms with Gasteiger partial charge in [-0.05, 0) is 42.2 Å². The average molecular weight is 246 g/mol. The first kappa shape index (κ1) is 12.4. The lowest BCUT2D eigenvalue weighted by Gasteiger charge is -2.07. The summed E-state index contributed by atoms with van der Waals surface area (Å²) in [5.74, 6) is 0.474. The zero-order valence-electron chi connectivity index (χ0n) is 10.2. The lowest BCUT2D eigenvalue weighted by molar-refractivity contribution is 0.384. The lowest BCUT2D eigenvalue weighted by atomic mass is 10.0. The summed E-state index contributed by atoms with van der Waals surface area (Å²) in [5.41, 5.74) is 7.29. The number of aromatic nitrogens is 1. The predicted octanol–water partition coefficient (Wildman–Crippen LogP) is 2.60. The van der Waals surface area contributed by atoms with Crippen molar-refractivity contribution < 1.29 is 9.13 Å². The van der Waals surface area contributed by atoms with Gasteiger partial charge in [-0.1, -0.05) is 12.1 Å². The molecule has 94 valence electrons. The molecule has 2 N–H and O–H groups in total. The average Bonchev–Trinajstić information content (AvgIpc) is 2.38. The Hall–Kier alpha value is -2.10. The van der Waals surface area contributed by atoms with Crippen LogP contribution in [0.1, 0.15) is 11.1 Å². The van der Waals surface area contributed by atoms with Crippen molar-refractivity contribution >= 4 is 5.82 Å². The minimum atomic E-state index is -0.290. The molecule has 0 unspecified atom stereocenters. The normalized spacial score (nSPS) is 10.3. The van der Waals surface area contributed by atoms with E-state index in [1.165, 1.54) is 7.11 Å². The number of nitrogen functional groups attached to an aromatic ring is 1. The number of nitrogens with zero attached hydrogens (tertiary/aromatic N) is 1. The van der Waals surface area contributed by atoms with Crippen molar-refractivity contribution in [2.45, 2.75) is 12.8 Å². The van der Waals surface area contributed by atoms with Crippen LogP contribution in [0.15, 0.2) is 36.5 Å². The Kier molecular flexibility index (Phi) is 3.77. The first-order valence-electron chi connectivity index (χ1n) is 5.72. The van der Waals surface area contributed by atoms with Gasteiger partial charge < -0.3 is 10.5 Å². The summed E-state index contributed by atoms with van der Waals surface area (Å²) < 4.78 is 18.8. The van der Waals surface area contributed by atoms with Crippen LogP contribution in [0.4, 0.5) is 10.2 Å². The predicted molar refractivity (Wildman–Crippen MR) is 69.0 cm³/mol. The van der Waals surface area contributed by atoms with Crippen molar-refractivity contribution in [3.63, 3.8) is 0 Å². The second-order valence-electron chi connectivity index (χ2n) is 4.02. The van der Waals surface area contributed by atoms with E-state index >= 15 is 0 Å². The molecule has 0 spiro atoms. The number of anilines is 1. The quantitative estimate of drug-likeness (QED) is 0.902. The summed E-state index contributed by atoms with van der Waals surface area (Å²) >= 11 is 0. The second kappa shape index (κ2) is 5.49. The molecule has 1 heterocycles. The minimum absolute atomic E-state index is 0.279. The smallest absolute Gasteiger partial charge is 0.168 e. The van der Waals surface area contributed by atoms with Gasteiger partial charge in [-0.25, -0.2) is 9.37 Å². The molecule has 0 saturated heterocycles. The maximum atomic E-state index is 13.9. The SMILES string of the molecule is COc1cccc(CCc2ccnc(N)c2)c1F. The van der Waals surface area contributed by atoms with Gasteiger partial charge in [-0.3, -0.25) is 0 Å². The highest BCUT2D eigenvalue weighted by Gasteiger charge is 2.08. The van der Waals surface area contributed by atoms with E-state index in [-0.39, 0.29) is 11.6 Å². The molecule has 0 atom stereocenters. The van der Waals surface area contributed by atoms with Gasteiger partial charge in [0.05, 0.1) is 7.11 Å². The van der Waals surface area contributed by atoms with E-state index in [2.05, 4.69) is 4.98 Å². The maximum absolute atomic E-state index is 13.9. The molecule has 0 aliphatic rings. The Labute approximate surface area is 105 Å². The summed E-state index contributed by atoms with van der Waals surface area (Å²) in [6.45, 7) is 0. The van der Waals surface area contributed by atoms with Crippen molar-refractivity contribution in [1.82, 2.24) is 4.98 Å². The van der Waals surface area contributed by atoms with Gasteiger partial charge in [-0.15, -0.1) is 0 Å². The molecule has 4 heteroatoms. The van der Waals surface area contributed by atoms with Crippen LogP contribution >= 0.6 is 0 Å². The van der Waals surface area contributed by atoms with Crippen molar-refractivity contribution in [1.29, 1.82) is 0 Å². The summed E-state index contributed by atoms with van der Waals surface area (Å²) in [4.78, 5) is 3.92. The van der Waals surface area contributed by atoms with E-state index in [4.69, 9.17) is 10.5 Å². The molecule has 0 radical (unpaired) electrons. The minimum Gasteiger partial charge on any atom is -0.494 e. The number of hydrogen-bond donors (Lipinski definition) is 1. The zero-order valence-corrected chi connectivity index (χ0v) is 10.2. The van der Waals surface area contributed by atoms with Crippen LogP contribution in [-0.2, 0) is 12.8 Å². The van der Waals surface area contributed by atoms with Crippen molar-refractivity contribution in [3.05, 3.63) is 53.5 Å². The molecule has 2 rings (SSSR count). The first-order chi connectivity index (χ1) is 8.70. The molecule has 0 bridgehead atoms. The molecular weight excluding hydrogens is 231 g/mol. The number of ether oxygens (including phenoxy) is 1. The molecule has 0 aliphatic carbocycles. The number of halogens is 1. The van der Waals surface area contributed by atoms with Crippen LogP contribution in [0.5, 0.6) is 5.75 Å². The van der Waals surface area contributed by atoms with Crippen LogP contribution in [0.25, 0.3) is 0 Å². The van der Waals surface area contributed by atoms with Crippen LogP contribution in [0.2, 0.25) is 0 Å². The number of pyridine rings is 1. The Morgan fingerprint density at radius 2 is 2.11 bits per heavy atom. The molecule has 0 fully saturated rings. The van der Waals surface area contributed by atoms with E-state index in [9.17, 15) is 4.39 Å². The Balaban J connectivity index is 2.11. The number of methoxy groups -OCH3 is 1. The standard InChI is InChI=1S/C14H15FN2O/c1-18-12-4-2-3-11(14(12)15)6-5-10-7-8-17-13(16)9-10/h2-4,7-9H,5-6H2,1H3,(H2,16,17). The van der Waals surface area contributed by atoms with Gasteiger partial charge in [0, 0.05) is 6.20 Å². The summed E-state index contributed by atoms with van der Waals surface area (Å²) in [6, 6.07) is 8.86. The fourth-order valence-electron chi connectivity index (χ4n) is 1.84. The molecule has 1 aromatic carbocycles. The second-order valence-corrected chi connectivity index (χ2v) is 4.02. The molecule has 1 aromatic heterocycles. The molecule has 2 aromatic rings. The van der Waals surface area contributed by atoms with Crippen LogP contribution in [0, 0.1) is 5.82 Å². The monoisotopic (exact) mass is 246 g/mol. The van der Waals surface area contributed by atoms with Gasteiger partial charge in [0.1, 0.15) is 5.82 Å². The number of benzene rings is 1. The summed E-state index contributed by atoms with van der Waals surface area (Å²) in [5, 5.41) is 0. The molecule has 0 amide bonds. The van der Waals surface area contributed by atoms with Crippen LogP contribution in [-0.4, -0.2) is 12.1 Å². The van der Waals surface area contributed by atoms with Gasteiger partial charge in [0.15, 0.2) is 11.6 Å². The molecule has 0 saturated carbocycles. The highest BCUT2D eigenvalue weighted by atomic mass is 19.1.